The Morgan fingerprint density at radius 1 is 1.10 bits per heavy atom. The number of fused-ring (bicyclic) bond motifs is 1. The highest BCUT2D eigenvalue weighted by Crippen LogP contribution is 2.43. The maximum Gasteiger partial charge on any atom is 0.416 e. The number of H-pyrrole nitrogens is 1. The maximum absolute atomic E-state index is 12.9. The minimum absolute atomic E-state index is 0.000716. The van der Waals surface area contributed by atoms with Gasteiger partial charge in [0.25, 0.3) is 0 Å². The molecule has 3 rings (SSSR count). The summed E-state index contributed by atoms with van der Waals surface area (Å²) in [5, 5.41) is 0.726. The van der Waals surface area contributed by atoms with Crippen molar-refractivity contribution in [3.8, 4) is 0 Å². The first-order valence-electron chi connectivity index (χ1n) is 7.09. The van der Waals surface area contributed by atoms with Crippen molar-refractivity contribution in [3.63, 3.8) is 0 Å². The molecule has 0 saturated heterocycles. The van der Waals surface area contributed by atoms with Crippen molar-refractivity contribution < 1.29 is 13.2 Å². The zero-order valence-corrected chi connectivity index (χ0v) is 11.5. The minimum Gasteiger partial charge on any atom is -0.361 e. The SMILES string of the molecule is CC1(c2c[nH]c3ccc(C(F)(F)F)cc23)CCCCC1. The second kappa shape index (κ2) is 4.54. The molecule has 1 aliphatic carbocycles. The number of halogens is 3. The average Bonchev–Trinajstić information content (AvgIpc) is 2.82. The number of rotatable bonds is 1. The van der Waals surface area contributed by atoms with Crippen LogP contribution in [0.2, 0.25) is 0 Å². The van der Waals surface area contributed by atoms with Crippen LogP contribution in [0.3, 0.4) is 0 Å². The molecule has 1 heterocycles. The first-order valence-corrected chi connectivity index (χ1v) is 7.09. The van der Waals surface area contributed by atoms with Gasteiger partial charge in [-0.05, 0) is 42.0 Å². The molecule has 1 aromatic heterocycles. The van der Waals surface area contributed by atoms with Crippen molar-refractivity contribution in [1.82, 2.24) is 4.98 Å². The first kappa shape index (κ1) is 13.5. The molecule has 0 aliphatic heterocycles. The third-order valence-electron chi connectivity index (χ3n) is 4.62. The lowest BCUT2D eigenvalue weighted by molar-refractivity contribution is -0.137. The fraction of sp³-hybridized carbons (Fsp3) is 0.500. The predicted octanol–water partition coefficient (Wildman–Crippen LogP) is 5.41. The topological polar surface area (TPSA) is 15.8 Å². The number of hydrogen-bond donors (Lipinski definition) is 1. The molecule has 1 fully saturated rings. The van der Waals surface area contributed by atoms with Gasteiger partial charge in [0, 0.05) is 17.1 Å². The van der Waals surface area contributed by atoms with Gasteiger partial charge >= 0.3 is 6.18 Å². The van der Waals surface area contributed by atoms with Crippen LogP contribution in [0.5, 0.6) is 0 Å². The Balaban J connectivity index is 2.11. The van der Waals surface area contributed by atoms with Crippen molar-refractivity contribution in [2.75, 3.05) is 0 Å². The van der Waals surface area contributed by atoms with Crippen molar-refractivity contribution in [2.24, 2.45) is 0 Å². The van der Waals surface area contributed by atoms with E-state index < -0.39 is 11.7 Å². The fourth-order valence-electron chi connectivity index (χ4n) is 3.40. The van der Waals surface area contributed by atoms with E-state index in [0.717, 1.165) is 48.2 Å². The van der Waals surface area contributed by atoms with Gasteiger partial charge in [0.1, 0.15) is 0 Å². The van der Waals surface area contributed by atoms with Gasteiger partial charge in [-0.15, -0.1) is 0 Å². The van der Waals surface area contributed by atoms with Gasteiger partial charge in [0.15, 0.2) is 0 Å². The molecule has 0 atom stereocenters. The van der Waals surface area contributed by atoms with Gasteiger partial charge in [-0.1, -0.05) is 26.2 Å². The van der Waals surface area contributed by atoms with Crippen molar-refractivity contribution >= 4 is 10.9 Å². The Kier molecular flexibility index (Phi) is 3.07. The smallest absolute Gasteiger partial charge is 0.361 e. The summed E-state index contributed by atoms with van der Waals surface area (Å²) in [5.74, 6) is 0. The summed E-state index contributed by atoms with van der Waals surface area (Å²) in [4.78, 5) is 3.12. The van der Waals surface area contributed by atoms with Crippen LogP contribution in [0, 0.1) is 0 Å². The number of alkyl halides is 3. The molecule has 0 spiro atoms. The summed E-state index contributed by atoms with van der Waals surface area (Å²) >= 11 is 0. The average molecular weight is 281 g/mol. The lowest BCUT2D eigenvalue weighted by Crippen LogP contribution is -2.24. The first-order chi connectivity index (χ1) is 9.40. The Hall–Kier alpha value is -1.45. The van der Waals surface area contributed by atoms with E-state index >= 15 is 0 Å². The number of nitrogens with one attached hydrogen (secondary N) is 1. The van der Waals surface area contributed by atoms with Crippen molar-refractivity contribution in [1.29, 1.82) is 0 Å². The Labute approximate surface area is 116 Å². The highest BCUT2D eigenvalue weighted by molar-refractivity contribution is 5.85. The van der Waals surface area contributed by atoms with Crippen molar-refractivity contribution in [3.05, 3.63) is 35.5 Å². The third kappa shape index (κ3) is 2.21. The van der Waals surface area contributed by atoms with Gasteiger partial charge < -0.3 is 4.98 Å². The van der Waals surface area contributed by atoms with Gasteiger partial charge in [0.05, 0.1) is 5.56 Å². The molecule has 0 unspecified atom stereocenters. The highest BCUT2D eigenvalue weighted by atomic mass is 19.4. The van der Waals surface area contributed by atoms with E-state index in [9.17, 15) is 13.2 Å². The Morgan fingerprint density at radius 2 is 1.80 bits per heavy atom. The normalized spacial score (nSPS) is 19.4. The molecule has 1 N–H and O–H groups in total. The lowest BCUT2D eigenvalue weighted by atomic mass is 9.71. The molecule has 1 saturated carbocycles. The second-order valence-corrected chi connectivity index (χ2v) is 6.08. The van der Waals surface area contributed by atoms with E-state index in [1.165, 1.54) is 18.6 Å². The molecule has 20 heavy (non-hydrogen) atoms. The summed E-state index contributed by atoms with van der Waals surface area (Å²) in [7, 11) is 0. The molecule has 108 valence electrons. The molecular formula is C16H18F3N. The molecular weight excluding hydrogens is 263 g/mol. The van der Waals surface area contributed by atoms with E-state index in [4.69, 9.17) is 0 Å². The van der Waals surface area contributed by atoms with E-state index in [0.29, 0.717) is 0 Å². The third-order valence-corrected chi connectivity index (χ3v) is 4.62. The molecule has 0 radical (unpaired) electrons. The molecule has 0 amide bonds. The minimum atomic E-state index is -4.28. The van der Waals surface area contributed by atoms with Gasteiger partial charge in [-0.3, -0.25) is 0 Å². The molecule has 1 nitrogen and oxygen atoms in total. The monoisotopic (exact) mass is 281 g/mol. The van der Waals surface area contributed by atoms with E-state index in [1.54, 1.807) is 0 Å². The van der Waals surface area contributed by atoms with Crippen LogP contribution in [0.1, 0.15) is 50.2 Å². The summed E-state index contributed by atoms with van der Waals surface area (Å²) in [6.07, 6.45) is 3.26. The fourth-order valence-corrected chi connectivity index (χ4v) is 3.40. The molecule has 2 aromatic rings. The second-order valence-electron chi connectivity index (χ2n) is 6.08. The Bertz CT molecular complexity index is 618. The standard InChI is InChI=1S/C16H18F3N/c1-15(7-3-2-4-8-15)13-10-20-14-6-5-11(9-12(13)14)16(17,18)19/h5-6,9-10,20H,2-4,7-8H2,1H3. The summed E-state index contributed by atoms with van der Waals surface area (Å²) in [6, 6.07) is 3.97. The quantitative estimate of drug-likeness (QED) is 0.719. The number of benzene rings is 1. The summed E-state index contributed by atoms with van der Waals surface area (Å²) < 4.78 is 38.6. The van der Waals surface area contributed by atoms with E-state index in [-0.39, 0.29) is 5.41 Å². The molecule has 4 heteroatoms. The van der Waals surface area contributed by atoms with Crippen LogP contribution in [0.15, 0.2) is 24.4 Å². The van der Waals surface area contributed by atoms with Crippen LogP contribution >= 0.6 is 0 Å². The Morgan fingerprint density at radius 3 is 2.45 bits per heavy atom. The van der Waals surface area contributed by atoms with Crippen LogP contribution in [-0.2, 0) is 11.6 Å². The van der Waals surface area contributed by atoms with Crippen molar-refractivity contribution in [2.45, 2.75) is 50.6 Å². The zero-order valence-electron chi connectivity index (χ0n) is 11.5. The van der Waals surface area contributed by atoms with Gasteiger partial charge in [-0.25, -0.2) is 0 Å². The zero-order chi connectivity index (χ0) is 14.4. The lowest BCUT2D eigenvalue weighted by Gasteiger charge is -2.33. The number of hydrogen-bond acceptors (Lipinski definition) is 0. The molecule has 1 aliphatic rings. The maximum atomic E-state index is 12.9. The van der Waals surface area contributed by atoms with Crippen LogP contribution in [0.4, 0.5) is 13.2 Å². The number of aromatic amines is 1. The van der Waals surface area contributed by atoms with Gasteiger partial charge in [-0.2, -0.15) is 13.2 Å². The summed E-state index contributed by atoms with van der Waals surface area (Å²) in [6.45, 7) is 2.18. The largest absolute Gasteiger partial charge is 0.416 e. The van der Waals surface area contributed by atoms with Crippen LogP contribution < -0.4 is 0 Å². The summed E-state index contributed by atoms with van der Waals surface area (Å²) in [5.41, 5.74) is 1.27. The predicted molar refractivity (Wildman–Crippen MR) is 73.7 cm³/mol. The van der Waals surface area contributed by atoms with E-state index in [1.807, 2.05) is 6.20 Å². The van der Waals surface area contributed by atoms with Gasteiger partial charge in [0.2, 0.25) is 0 Å². The van der Waals surface area contributed by atoms with Crippen LogP contribution in [0.25, 0.3) is 10.9 Å². The molecule has 1 aromatic carbocycles. The molecule has 0 bridgehead atoms. The van der Waals surface area contributed by atoms with E-state index in [2.05, 4.69) is 11.9 Å². The number of aromatic nitrogens is 1. The van der Waals surface area contributed by atoms with Crippen LogP contribution in [-0.4, -0.2) is 4.98 Å². The highest BCUT2D eigenvalue weighted by Gasteiger charge is 2.34.